The number of halogens is 1. The first-order valence-electron chi connectivity index (χ1n) is 5.45. The molecule has 0 aliphatic heterocycles. The molecule has 1 aliphatic carbocycles. The Morgan fingerprint density at radius 2 is 2.17 bits per heavy atom. The van der Waals surface area contributed by atoms with Gasteiger partial charge in [-0.3, -0.25) is 0 Å². The maximum Gasteiger partial charge on any atom is 0.277 e. The van der Waals surface area contributed by atoms with Crippen LogP contribution in [0, 0.1) is 17.1 Å². The van der Waals surface area contributed by atoms with Crippen LogP contribution in [0.15, 0.2) is 18.2 Å². The van der Waals surface area contributed by atoms with Crippen LogP contribution in [-0.4, -0.2) is 14.5 Å². The molecule has 0 saturated heterocycles. The van der Waals surface area contributed by atoms with Gasteiger partial charge >= 0.3 is 0 Å². The van der Waals surface area contributed by atoms with Gasteiger partial charge in [0.1, 0.15) is 5.82 Å². The normalized spacial score (nSPS) is 15.3. The molecule has 1 fully saturated rings. The van der Waals surface area contributed by atoms with Gasteiger partial charge in [0, 0.05) is 18.2 Å². The van der Waals surface area contributed by atoms with Gasteiger partial charge in [-0.25, -0.2) is 4.39 Å². The third-order valence-electron chi connectivity index (χ3n) is 2.53. The van der Waals surface area contributed by atoms with E-state index in [1.165, 1.54) is 12.1 Å². The largest absolute Gasteiger partial charge is 0.277 e. The Morgan fingerprint density at radius 3 is 2.72 bits per heavy atom. The van der Waals surface area contributed by atoms with Crippen LogP contribution in [0.3, 0.4) is 0 Å². The first kappa shape index (κ1) is 13.0. The number of nitrogens with zero attached hydrogens (tertiary/aromatic N) is 1. The number of benzene rings is 1. The molecule has 96 valence electrons. The maximum absolute atomic E-state index is 13.5. The van der Waals surface area contributed by atoms with Gasteiger partial charge in [-0.15, -0.1) is 0 Å². The second-order valence-electron chi connectivity index (χ2n) is 4.13. The lowest BCUT2D eigenvalue weighted by Crippen LogP contribution is -2.37. The van der Waals surface area contributed by atoms with E-state index in [0.717, 1.165) is 18.9 Å². The molecule has 2 N–H and O–H groups in total. The summed E-state index contributed by atoms with van der Waals surface area (Å²) in [5.41, 5.74) is 0.408. The third kappa shape index (κ3) is 3.50. The van der Waals surface area contributed by atoms with Gasteiger partial charge in [0.2, 0.25) is 0 Å². The maximum atomic E-state index is 13.5. The number of nitrogens with one attached hydrogen (secondary N) is 2. The number of rotatable bonds is 5. The predicted molar refractivity (Wildman–Crippen MR) is 63.0 cm³/mol. The summed E-state index contributed by atoms with van der Waals surface area (Å²) in [5, 5.41) is 8.58. The summed E-state index contributed by atoms with van der Waals surface area (Å²) in [7, 11) is -3.58. The average molecular weight is 269 g/mol. The highest BCUT2D eigenvalue weighted by atomic mass is 32.2. The molecular weight excluding hydrogens is 257 g/mol. The molecule has 1 aromatic carbocycles. The van der Waals surface area contributed by atoms with E-state index in [-0.39, 0.29) is 23.7 Å². The minimum absolute atomic E-state index is 0.00770. The molecule has 0 heterocycles. The van der Waals surface area contributed by atoms with E-state index in [1.54, 1.807) is 0 Å². The van der Waals surface area contributed by atoms with E-state index in [9.17, 15) is 12.8 Å². The van der Waals surface area contributed by atoms with Crippen LogP contribution in [0.5, 0.6) is 0 Å². The summed E-state index contributed by atoms with van der Waals surface area (Å²) < 4.78 is 41.2. The SMILES string of the molecule is N#Cc1ccc(CNS(=O)(=O)NC2CC2)c(F)c1. The highest BCUT2D eigenvalue weighted by Gasteiger charge is 2.26. The molecule has 2 rings (SSSR count). The fraction of sp³-hybridized carbons (Fsp3) is 0.364. The second-order valence-corrected chi connectivity index (χ2v) is 5.67. The van der Waals surface area contributed by atoms with E-state index >= 15 is 0 Å². The monoisotopic (exact) mass is 269 g/mol. The predicted octanol–water partition coefficient (Wildman–Crippen LogP) is 0.784. The molecule has 0 radical (unpaired) electrons. The smallest absolute Gasteiger partial charge is 0.207 e. The third-order valence-corrected chi connectivity index (χ3v) is 3.70. The van der Waals surface area contributed by atoms with Crippen molar-refractivity contribution in [3.05, 3.63) is 35.1 Å². The molecule has 18 heavy (non-hydrogen) atoms. The fourth-order valence-corrected chi connectivity index (χ4v) is 2.50. The van der Waals surface area contributed by atoms with Gasteiger partial charge in [0.05, 0.1) is 11.6 Å². The van der Waals surface area contributed by atoms with Crippen molar-refractivity contribution in [2.75, 3.05) is 0 Å². The van der Waals surface area contributed by atoms with Crippen molar-refractivity contribution in [3.8, 4) is 6.07 Å². The van der Waals surface area contributed by atoms with Crippen LogP contribution >= 0.6 is 0 Å². The molecule has 0 spiro atoms. The Balaban J connectivity index is 1.99. The van der Waals surface area contributed by atoms with E-state index in [0.29, 0.717) is 0 Å². The van der Waals surface area contributed by atoms with Gasteiger partial charge in [-0.1, -0.05) is 6.07 Å². The average Bonchev–Trinajstić information content (AvgIpc) is 3.10. The standard InChI is InChI=1S/C11H12FN3O2S/c12-11-5-8(6-13)1-2-9(11)7-14-18(16,17)15-10-3-4-10/h1-2,5,10,14-15H,3-4,7H2. The number of nitriles is 1. The first-order chi connectivity index (χ1) is 8.50. The Kier molecular flexibility index (Phi) is 3.61. The van der Waals surface area contributed by atoms with Crippen molar-refractivity contribution in [1.82, 2.24) is 9.44 Å². The molecule has 1 saturated carbocycles. The van der Waals surface area contributed by atoms with Crippen LogP contribution in [-0.2, 0) is 16.8 Å². The summed E-state index contributed by atoms with van der Waals surface area (Å²) >= 11 is 0. The van der Waals surface area contributed by atoms with Crippen molar-refractivity contribution in [2.45, 2.75) is 25.4 Å². The summed E-state index contributed by atoms with van der Waals surface area (Å²) in [5.74, 6) is -0.594. The van der Waals surface area contributed by atoms with Crippen molar-refractivity contribution in [2.24, 2.45) is 0 Å². The van der Waals surface area contributed by atoms with E-state index < -0.39 is 16.0 Å². The van der Waals surface area contributed by atoms with Crippen molar-refractivity contribution in [1.29, 1.82) is 5.26 Å². The molecule has 0 atom stereocenters. The molecule has 1 aromatic rings. The van der Waals surface area contributed by atoms with E-state index in [4.69, 9.17) is 5.26 Å². The van der Waals surface area contributed by atoms with Crippen LogP contribution in [0.4, 0.5) is 4.39 Å². The zero-order valence-corrected chi connectivity index (χ0v) is 10.3. The molecule has 1 aliphatic rings. The Labute approximate surface area is 105 Å². The number of hydrogen-bond acceptors (Lipinski definition) is 3. The van der Waals surface area contributed by atoms with Crippen LogP contribution in [0.1, 0.15) is 24.0 Å². The van der Waals surface area contributed by atoms with Crippen molar-refractivity contribution in [3.63, 3.8) is 0 Å². The van der Waals surface area contributed by atoms with Crippen LogP contribution in [0.25, 0.3) is 0 Å². The van der Waals surface area contributed by atoms with Gasteiger partial charge in [-0.05, 0) is 25.0 Å². The minimum Gasteiger partial charge on any atom is -0.207 e. The summed E-state index contributed by atoms with van der Waals surface area (Å²) in [6, 6.07) is 5.74. The lowest BCUT2D eigenvalue weighted by molar-refractivity contribution is 0.560. The highest BCUT2D eigenvalue weighted by Crippen LogP contribution is 2.19. The summed E-state index contributed by atoms with van der Waals surface area (Å²) in [4.78, 5) is 0. The lowest BCUT2D eigenvalue weighted by atomic mass is 10.1. The molecule has 0 aromatic heterocycles. The van der Waals surface area contributed by atoms with Crippen molar-refractivity contribution >= 4 is 10.2 Å². The lowest BCUT2D eigenvalue weighted by Gasteiger charge is -2.08. The van der Waals surface area contributed by atoms with Gasteiger partial charge in [0.25, 0.3) is 10.2 Å². The van der Waals surface area contributed by atoms with Crippen LogP contribution in [0.2, 0.25) is 0 Å². The zero-order valence-electron chi connectivity index (χ0n) is 9.48. The summed E-state index contributed by atoms with van der Waals surface area (Å²) in [6.45, 7) is -0.139. The van der Waals surface area contributed by atoms with Gasteiger partial charge in [-0.2, -0.15) is 23.1 Å². The molecule has 0 bridgehead atoms. The fourth-order valence-electron chi connectivity index (χ4n) is 1.40. The molecule has 5 nitrogen and oxygen atoms in total. The van der Waals surface area contributed by atoms with Crippen molar-refractivity contribution < 1.29 is 12.8 Å². The summed E-state index contributed by atoms with van der Waals surface area (Å²) in [6.07, 6.45) is 1.68. The minimum atomic E-state index is -3.58. The highest BCUT2D eigenvalue weighted by molar-refractivity contribution is 7.87. The van der Waals surface area contributed by atoms with Crippen LogP contribution < -0.4 is 9.44 Å². The van der Waals surface area contributed by atoms with Gasteiger partial charge in [0.15, 0.2) is 0 Å². The molecule has 0 unspecified atom stereocenters. The quantitative estimate of drug-likeness (QED) is 0.829. The molecule has 0 amide bonds. The Morgan fingerprint density at radius 1 is 1.44 bits per heavy atom. The number of hydrogen-bond donors (Lipinski definition) is 2. The van der Waals surface area contributed by atoms with Gasteiger partial charge < -0.3 is 0 Å². The Bertz CT molecular complexity index is 591. The first-order valence-corrected chi connectivity index (χ1v) is 6.94. The van der Waals surface area contributed by atoms with E-state index in [1.807, 2.05) is 6.07 Å². The van der Waals surface area contributed by atoms with E-state index in [2.05, 4.69) is 9.44 Å². The topological polar surface area (TPSA) is 82.0 Å². The molecular formula is C11H12FN3O2S. The Hall–Kier alpha value is -1.49. The zero-order chi connectivity index (χ0) is 13.2. The molecule has 7 heteroatoms. The second kappa shape index (κ2) is 5.02.